The van der Waals surface area contributed by atoms with Crippen molar-refractivity contribution in [3.63, 3.8) is 0 Å². The maximum atomic E-state index is 11.8. The molecule has 0 heterocycles. The van der Waals surface area contributed by atoms with Crippen molar-refractivity contribution >= 4 is 17.7 Å². The van der Waals surface area contributed by atoms with Crippen LogP contribution in [0.4, 0.5) is 10.5 Å². The molecule has 19 heavy (non-hydrogen) atoms. The minimum absolute atomic E-state index is 0.288. The highest BCUT2D eigenvalue weighted by Crippen LogP contribution is 2.17. The number of nitriles is 1. The van der Waals surface area contributed by atoms with Crippen molar-refractivity contribution in [1.29, 1.82) is 5.26 Å². The number of carbonyl (C=O) groups is 2. The standard InChI is InChI=1S/C12H13N3O4/c1-15(10-5-3-2-4-8(10)6-13)12(19)14-9(7-16)11(17)18/h2-5,9,16H,7H2,1H3,(H,14,19)(H,17,18)/t9-/m0/s1. The zero-order valence-corrected chi connectivity index (χ0v) is 10.2. The van der Waals surface area contributed by atoms with E-state index in [4.69, 9.17) is 15.5 Å². The number of benzene rings is 1. The van der Waals surface area contributed by atoms with E-state index in [-0.39, 0.29) is 5.56 Å². The molecule has 0 fully saturated rings. The van der Waals surface area contributed by atoms with E-state index in [2.05, 4.69) is 5.32 Å². The Bertz CT molecular complexity index is 524. The highest BCUT2D eigenvalue weighted by Gasteiger charge is 2.22. The van der Waals surface area contributed by atoms with Crippen molar-refractivity contribution in [2.75, 3.05) is 18.6 Å². The van der Waals surface area contributed by atoms with Crippen LogP contribution in [0.15, 0.2) is 24.3 Å². The van der Waals surface area contributed by atoms with E-state index in [0.29, 0.717) is 5.69 Å². The van der Waals surface area contributed by atoms with E-state index < -0.39 is 24.6 Å². The summed E-state index contributed by atoms with van der Waals surface area (Å²) in [6, 6.07) is 6.24. The van der Waals surface area contributed by atoms with Gasteiger partial charge in [-0.15, -0.1) is 0 Å². The van der Waals surface area contributed by atoms with Gasteiger partial charge in [0.25, 0.3) is 0 Å². The number of carbonyl (C=O) groups excluding carboxylic acids is 1. The molecule has 7 heteroatoms. The van der Waals surface area contributed by atoms with Gasteiger partial charge in [0.2, 0.25) is 0 Å². The lowest BCUT2D eigenvalue weighted by Gasteiger charge is -2.21. The van der Waals surface area contributed by atoms with Crippen LogP contribution in [0, 0.1) is 11.3 Å². The molecule has 1 aromatic rings. The third-order valence-corrected chi connectivity index (χ3v) is 2.47. The van der Waals surface area contributed by atoms with Crippen LogP contribution in [0.5, 0.6) is 0 Å². The van der Waals surface area contributed by atoms with Gasteiger partial charge in [0.1, 0.15) is 6.07 Å². The van der Waals surface area contributed by atoms with Gasteiger partial charge in [0, 0.05) is 7.05 Å². The second-order valence-corrected chi connectivity index (χ2v) is 3.71. The molecule has 0 spiro atoms. The van der Waals surface area contributed by atoms with Gasteiger partial charge in [0.05, 0.1) is 17.9 Å². The van der Waals surface area contributed by atoms with Crippen molar-refractivity contribution in [2.45, 2.75) is 6.04 Å². The molecule has 1 aromatic carbocycles. The first-order valence-corrected chi connectivity index (χ1v) is 5.38. The summed E-state index contributed by atoms with van der Waals surface area (Å²) in [7, 11) is 1.40. The van der Waals surface area contributed by atoms with Crippen LogP contribution in [0.25, 0.3) is 0 Å². The number of rotatable bonds is 4. The van der Waals surface area contributed by atoms with E-state index in [0.717, 1.165) is 4.90 Å². The van der Waals surface area contributed by atoms with Gasteiger partial charge in [-0.2, -0.15) is 5.26 Å². The number of anilines is 1. The molecular weight excluding hydrogens is 250 g/mol. The maximum Gasteiger partial charge on any atom is 0.328 e. The molecular formula is C12H13N3O4. The topological polar surface area (TPSA) is 114 Å². The quantitative estimate of drug-likeness (QED) is 0.715. The minimum Gasteiger partial charge on any atom is -0.480 e. The van der Waals surface area contributed by atoms with Crippen LogP contribution < -0.4 is 10.2 Å². The second-order valence-electron chi connectivity index (χ2n) is 3.71. The predicted octanol–water partition coefficient (Wildman–Crippen LogP) is 0.150. The Labute approximate surface area is 109 Å². The van der Waals surface area contributed by atoms with E-state index in [1.54, 1.807) is 24.3 Å². The normalized spacial score (nSPS) is 11.2. The number of aliphatic carboxylic acids is 1. The number of para-hydroxylation sites is 1. The lowest BCUT2D eigenvalue weighted by atomic mass is 10.2. The summed E-state index contributed by atoms with van der Waals surface area (Å²) in [6.45, 7) is -0.713. The molecule has 0 bridgehead atoms. The van der Waals surface area contributed by atoms with Gasteiger partial charge in [-0.25, -0.2) is 9.59 Å². The molecule has 0 radical (unpaired) electrons. The Morgan fingerprint density at radius 2 is 2.11 bits per heavy atom. The highest BCUT2D eigenvalue weighted by atomic mass is 16.4. The average molecular weight is 263 g/mol. The Morgan fingerprint density at radius 1 is 1.47 bits per heavy atom. The number of carboxylic acid groups (broad SMARTS) is 1. The molecule has 0 aliphatic rings. The molecule has 100 valence electrons. The predicted molar refractivity (Wildman–Crippen MR) is 66.6 cm³/mol. The molecule has 7 nitrogen and oxygen atoms in total. The van der Waals surface area contributed by atoms with Gasteiger partial charge in [0.15, 0.2) is 6.04 Å². The number of aliphatic hydroxyl groups is 1. The number of urea groups is 1. The maximum absolute atomic E-state index is 11.8. The summed E-state index contributed by atoms with van der Waals surface area (Å²) in [5, 5.41) is 28.6. The summed E-state index contributed by atoms with van der Waals surface area (Å²) in [4.78, 5) is 23.6. The van der Waals surface area contributed by atoms with Crippen LogP contribution in [-0.4, -0.2) is 41.9 Å². The fourth-order valence-electron chi connectivity index (χ4n) is 1.40. The zero-order valence-electron chi connectivity index (χ0n) is 10.2. The van der Waals surface area contributed by atoms with Crippen LogP contribution >= 0.6 is 0 Å². The molecule has 3 N–H and O–H groups in total. The van der Waals surface area contributed by atoms with Gasteiger partial charge >= 0.3 is 12.0 Å². The lowest BCUT2D eigenvalue weighted by Crippen LogP contribution is -2.48. The van der Waals surface area contributed by atoms with Crippen molar-refractivity contribution in [1.82, 2.24) is 5.32 Å². The highest BCUT2D eigenvalue weighted by molar-refractivity contribution is 5.95. The van der Waals surface area contributed by atoms with Crippen molar-refractivity contribution in [3.05, 3.63) is 29.8 Å². The molecule has 0 aliphatic heterocycles. The lowest BCUT2D eigenvalue weighted by molar-refractivity contribution is -0.140. The van der Waals surface area contributed by atoms with Gasteiger partial charge in [-0.1, -0.05) is 12.1 Å². The van der Waals surface area contributed by atoms with Crippen LogP contribution in [-0.2, 0) is 4.79 Å². The second kappa shape index (κ2) is 6.37. The fraction of sp³-hybridized carbons (Fsp3) is 0.250. The van der Waals surface area contributed by atoms with E-state index in [1.807, 2.05) is 6.07 Å². The molecule has 0 aliphatic carbocycles. The van der Waals surface area contributed by atoms with Crippen LogP contribution in [0.1, 0.15) is 5.56 Å². The number of hydrogen-bond donors (Lipinski definition) is 3. The SMILES string of the molecule is CN(C(=O)N[C@@H](CO)C(=O)O)c1ccccc1C#N. The zero-order chi connectivity index (χ0) is 14.4. The fourth-order valence-corrected chi connectivity index (χ4v) is 1.40. The van der Waals surface area contributed by atoms with Crippen molar-refractivity contribution in [2.24, 2.45) is 0 Å². The van der Waals surface area contributed by atoms with Crippen LogP contribution in [0.2, 0.25) is 0 Å². The number of carboxylic acids is 1. The summed E-state index contributed by atoms with van der Waals surface area (Å²) in [5.41, 5.74) is 0.639. The number of aliphatic hydroxyl groups excluding tert-OH is 1. The Balaban J connectivity index is 2.88. The van der Waals surface area contributed by atoms with Gasteiger partial charge in [-0.05, 0) is 12.1 Å². The monoisotopic (exact) mass is 263 g/mol. The summed E-state index contributed by atoms with van der Waals surface area (Å²) in [5.74, 6) is -1.34. The first kappa shape index (κ1) is 14.5. The summed E-state index contributed by atoms with van der Waals surface area (Å²) >= 11 is 0. The Hall–Kier alpha value is -2.59. The van der Waals surface area contributed by atoms with Crippen LogP contribution in [0.3, 0.4) is 0 Å². The first-order chi connectivity index (χ1) is 9.01. The first-order valence-electron chi connectivity index (χ1n) is 5.38. The van der Waals surface area contributed by atoms with Crippen molar-refractivity contribution < 1.29 is 19.8 Å². The number of nitrogens with one attached hydrogen (secondary N) is 1. The Kier molecular flexibility index (Phi) is 4.85. The third-order valence-electron chi connectivity index (χ3n) is 2.47. The minimum atomic E-state index is -1.39. The molecule has 0 aromatic heterocycles. The largest absolute Gasteiger partial charge is 0.480 e. The van der Waals surface area contributed by atoms with Gasteiger partial charge in [-0.3, -0.25) is 4.90 Å². The molecule has 2 amide bonds. The van der Waals surface area contributed by atoms with Crippen molar-refractivity contribution in [3.8, 4) is 6.07 Å². The molecule has 1 rings (SSSR count). The Morgan fingerprint density at radius 3 is 2.63 bits per heavy atom. The number of amides is 2. The smallest absolute Gasteiger partial charge is 0.328 e. The number of nitrogens with zero attached hydrogens (tertiary/aromatic N) is 2. The molecule has 1 atom stereocenters. The number of hydrogen-bond acceptors (Lipinski definition) is 4. The average Bonchev–Trinajstić information content (AvgIpc) is 2.43. The molecule has 0 saturated heterocycles. The summed E-state index contributed by atoms with van der Waals surface area (Å²) in [6.07, 6.45) is 0. The molecule has 0 saturated carbocycles. The van der Waals surface area contributed by atoms with E-state index in [9.17, 15) is 9.59 Å². The summed E-state index contributed by atoms with van der Waals surface area (Å²) < 4.78 is 0. The van der Waals surface area contributed by atoms with E-state index >= 15 is 0 Å². The van der Waals surface area contributed by atoms with Gasteiger partial charge < -0.3 is 15.5 Å². The van der Waals surface area contributed by atoms with E-state index in [1.165, 1.54) is 7.05 Å². The third kappa shape index (κ3) is 3.43. The molecule has 0 unspecified atom stereocenters.